The van der Waals surface area contributed by atoms with Gasteiger partial charge in [0, 0.05) is 25.8 Å². The minimum Gasteiger partial charge on any atom is -0.493 e. The number of ether oxygens (including phenoxy) is 2. The van der Waals surface area contributed by atoms with Crippen LogP contribution < -0.4 is 10.5 Å². The van der Waals surface area contributed by atoms with E-state index >= 15 is 0 Å². The Hall–Kier alpha value is -1.59. The average molecular weight is 320 g/mol. The van der Waals surface area contributed by atoms with Crippen LogP contribution in [0.1, 0.15) is 42.1 Å². The molecule has 0 saturated carbocycles. The monoisotopic (exact) mass is 320 g/mol. The number of nitrogens with zero attached hydrogens (tertiary/aromatic N) is 1. The summed E-state index contributed by atoms with van der Waals surface area (Å²) in [6.45, 7) is 7.28. The molecule has 0 bridgehead atoms. The molecule has 1 fully saturated rings. The van der Waals surface area contributed by atoms with Gasteiger partial charge in [0.2, 0.25) is 0 Å². The lowest BCUT2D eigenvalue weighted by atomic mass is 10.0. The molecule has 0 aliphatic carbocycles. The number of benzene rings is 1. The molecule has 1 aliphatic rings. The molecule has 23 heavy (non-hydrogen) atoms. The highest BCUT2D eigenvalue weighted by Gasteiger charge is 2.27. The maximum atomic E-state index is 13.0. The van der Waals surface area contributed by atoms with Crippen LogP contribution in [-0.2, 0) is 4.74 Å². The van der Waals surface area contributed by atoms with Crippen molar-refractivity contribution in [2.75, 3.05) is 32.9 Å². The standard InChI is InChI=1S/C18H28N2O3/c1-3-20(15-7-11-22-12-8-15)18(21)16-6-5-14(2)13-17(16)23-10-4-9-19/h5-6,13,15H,3-4,7-12,19H2,1-2H3. The molecule has 0 atom stereocenters. The van der Waals surface area contributed by atoms with Crippen LogP contribution in [0.15, 0.2) is 18.2 Å². The van der Waals surface area contributed by atoms with Crippen molar-refractivity contribution >= 4 is 5.91 Å². The number of hydrogen-bond acceptors (Lipinski definition) is 4. The second-order valence-electron chi connectivity index (χ2n) is 5.93. The van der Waals surface area contributed by atoms with E-state index in [9.17, 15) is 4.79 Å². The third-order valence-electron chi connectivity index (χ3n) is 4.21. The minimum absolute atomic E-state index is 0.0437. The fourth-order valence-corrected chi connectivity index (χ4v) is 2.91. The van der Waals surface area contributed by atoms with E-state index in [4.69, 9.17) is 15.2 Å². The summed E-state index contributed by atoms with van der Waals surface area (Å²) in [5.41, 5.74) is 7.24. The van der Waals surface area contributed by atoms with Gasteiger partial charge in [-0.1, -0.05) is 6.07 Å². The zero-order chi connectivity index (χ0) is 16.7. The van der Waals surface area contributed by atoms with Gasteiger partial charge in [-0.25, -0.2) is 0 Å². The SMILES string of the molecule is CCN(C(=O)c1ccc(C)cc1OCCCN)C1CCOCC1. The summed E-state index contributed by atoms with van der Waals surface area (Å²) in [4.78, 5) is 15.0. The smallest absolute Gasteiger partial charge is 0.257 e. The van der Waals surface area contributed by atoms with Gasteiger partial charge in [-0.3, -0.25) is 4.79 Å². The van der Waals surface area contributed by atoms with Crippen LogP contribution in [-0.4, -0.2) is 49.8 Å². The van der Waals surface area contributed by atoms with Crippen LogP contribution in [0.2, 0.25) is 0 Å². The van der Waals surface area contributed by atoms with Gasteiger partial charge in [-0.2, -0.15) is 0 Å². The molecule has 0 radical (unpaired) electrons. The average Bonchev–Trinajstić information content (AvgIpc) is 2.57. The van der Waals surface area contributed by atoms with E-state index in [1.165, 1.54) is 0 Å². The normalized spacial score (nSPS) is 15.4. The first kappa shape index (κ1) is 17.8. The first-order chi connectivity index (χ1) is 11.2. The number of amides is 1. The lowest BCUT2D eigenvalue weighted by Crippen LogP contribution is -2.43. The van der Waals surface area contributed by atoms with Gasteiger partial charge >= 0.3 is 0 Å². The highest BCUT2D eigenvalue weighted by atomic mass is 16.5. The quantitative estimate of drug-likeness (QED) is 0.783. The summed E-state index contributed by atoms with van der Waals surface area (Å²) in [5, 5.41) is 0. The third kappa shape index (κ3) is 4.69. The molecule has 1 aromatic rings. The molecule has 1 aliphatic heterocycles. The molecule has 2 N–H and O–H groups in total. The zero-order valence-electron chi connectivity index (χ0n) is 14.2. The number of carbonyl (C=O) groups excluding carboxylic acids is 1. The van der Waals surface area contributed by atoms with Gasteiger partial charge in [0.25, 0.3) is 5.91 Å². The number of hydrogen-bond donors (Lipinski definition) is 1. The van der Waals surface area contributed by atoms with E-state index in [1.807, 2.05) is 36.9 Å². The lowest BCUT2D eigenvalue weighted by Gasteiger charge is -2.34. The number of aryl methyl sites for hydroxylation is 1. The number of nitrogens with two attached hydrogens (primary N) is 1. The van der Waals surface area contributed by atoms with E-state index in [0.717, 1.165) is 38.0 Å². The van der Waals surface area contributed by atoms with E-state index in [2.05, 4.69) is 0 Å². The maximum Gasteiger partial charge on any atom is 0.257 e. The zero-order valence-corrected chi connectivity index (χ0v) is 14.2. The Balaban J connectivity index is 2.18. The first-order valence-corrected chi connectivity index (χ1v) is 8.49. The molecule has 0 aromatic heterocycles. The second kappa shape index (κ2) is 8.89. The predicted molar refractivity (Wildman–Crippen MR) is 90.9 cm³/mol. The van der Waals surface area contributed by atoms with Gasteiger partial charge in [0.05, 0.1) is 12.2 Å². The molecule has 1 saturated heterocycles. The minimum atomic E-state index is 0.0437. The highest BCUT2D eigenvalue weighted by molar-refractivity contribution is 5.97. The molecule has 128 valence electrons. The topological polar surface area (TPSA) is 64.8 Å². The van der Waals surface area contributed by atoms with Crippen LogP contribution in [0.5, 0.6) is 5.75 Å². The molecular weight excluding hydrogens is 292 g/mol. The molecule has 0 spiro atoms. The van der Waals surface area contributed by atoms with Crippen LogP contribution in [0.4, 0.5) is 0 Å². The molecule has 2 rings (SSSR count). The summed E-state index contributed by atoms with van der Waals surface area (Å²) in [6.07, 6.45) is 2.57. The van der Waals surface area contributed by atoms with Crippen LogP contribution in [0, 0.1) is 6.92 Å². The van der Waals surface area contributed by atoms with E-state index in [0.29, 0.717) is 31.0 Å². The molecule has 0 unspecified atom stereocenters. The van der Waals surface area contributed by atoms with E-state index in [-0.39, 0.29) is 11.9 Å². The Bertz CT molecular complexity index is 513. The van der Waals surface area contributed by atoms with Gasteiger partial charge in [-0.15, -0.1) is 0 Å². The highest BCUT2D eigenvalue weighted by Crippen LogP contribution is 2.25. The van der Waals surface area contributed by atoms with Crippen molar-refractivity contribution in [3.8, 4) is 5.75 Å². The van der Waals surface area contributed by atoms with Gasteiger partial charge in [0.1, 0.15) is 5.75 Å². The van der Waals surface area contributed by atoms with Gasteiger partial charge in [-0.05, 0) is 57.4 Å². The predicted octanol–water partition coefficient (Wildman–Crippen LogP) is 2.36. The molecule has 5 heteroatoms. The van der Waals surface area contributed by atoms with Crippen molar-refractivity contribution in [2.45, 2.75) is 39.2 Å². The van der Waals surface area contributed by atoms with Gasteiger partial charge in [0.15, 0.2) is 0 Å². The van der Waals surface area contributed by atoms with Crippen LogP contribution in [0.25, 0.3) is 0 Å². The van der Waals surface area contributed by atoms with E-state index < -0.39 is 0 Å². The second-order valence-corrected chi connectivity index (χ2v) is 5.93. The maximum absolute atomic E-state index is 13.0. The van der Waals surface area contributed by atoms with Crippen molar-refractivity contribution in [1.29, 1.82) is 0 Å². The Morgan fingerprint density at radius 1 is 1.39 bits per heavy atom. The van der Waals surface area contributed by atoms with E-state index in [1.54, 1.807) is 0 Å². The Morgan fingerprint density at radius 3 is 2.78 bits per heavy atom. The summed E-state index contributed by atoms with van der Waals surface area (Å²) in [7, 11) is 0. The van der Waals surface area contributed by atoms with Crippen molar-refractivity contribution in [3.05, 3.63) is 29.3 Å². The van der Waals surface area contributed by atoms with Crippen molar-refractivity contribution in [3.63, 3.8) is 0 Å². The first-order valence-electron chi connectivity index (χ1n) is 8.49. The van der Waals surface area contributed by atoms with Crippen LogP contribution in [0.3, 0.4) is 0 Å². The van der Waals surface area contributed by atoms with Crippen molar-refractivity contribution < 1.29 is 14.3 Å². The summed E-state index contributed by atoms with van der Waals surface area (Å²) in [6, 6.07) is 6.01. The largest absolute Gasteiger partial charge is 0.493 e. The third-order valence-corrected chi connectivity index (χ3v) is 4.21. The molecule has 1 amide bonds. The molecular formula is C18H28N2O3. The summed E-state index contributed by atoms with van der Waals surface area (Å²) in [5.74, 6) is 0.705. The summed E-state index contributed by atoms with van der Waals surface area (Å²) < 4.78 is 11.2. The number of rotatable bonds is 7. The Kier molecular flexibility index (Phi) is 6.86. The lowest BCUT2D eigenvalue weighted by molar-refractivity contribution is 0.0303. The molecule has 5 nitrogen and oxygen atoms in total. The van der Waals surface area contributed by atoms with Gasteiger partial charge < -0.3 is 20.1 Å². The summed E-state index contributed by atoms with van der Waals surface area (Å²) >= 11 is 0. The number of carbonyl (C=O) groups is 1. The Morgan fingerprint density at radius 2 is 2.13 bits per heavy atom. The van der Waals surface area contributed by atoms with Crippen molar-refractivity contribution in [1.82, 2.24) is 4.90 Å². The molecule has 1 aromatic carbocycles. The molecule has 1 heterocycles. The Labute approximate surface area is 138 Å². The fourth-order valence-electron chi connectivity index (χ4n) is 2.91. The van der Waals surface area contributed by atoms with Crippen molar-refractivity contribution in [2.24, 2.45) is 5.73 Å². The fraction of sp³-hybridized carbons (Fsp3) is 0.611. The van der Waals surface area contributed by atoms with Crippen LogP contribution >= 0.6 is 0 Å².